The number of carbonyl (C=O) groups is 5. The van der Waals surface area contributed by atoms with Gasteiger partial charge in [0.25, 0.3) is 0 Å². The van der Waals surface area contributed by atoms with E-state index in [1.807, 2.05) is 135 Å². The number of benzene rings is 4. The Balaban J connectivity index is 1.32. The second-order valence-electron chi connectivity index (χ2n) is 17.0. The van der Waals surface area contributed by atoms with E-state index in [4.69, 9.17) is 5.73 Å². The number of fused-ring (bicyclic) bond motifs is 2. The third-order valence-electron chi connectivity index (χ3n) is 11.6. The number of carbonyl (C=O) groups excluding carboxylic acids is 5. The lowest BCUT2D eigenvalue weighted by Gasteiger charge is -2.27. The van der Waals surface area contributed by atoms with Crippen molar-refractivity contribution in [3.63, 3.8) is 0 Å². The normalized spacial score (nSPS) is 13.8. The Hall–Kier alpha value is -6.73. The first-order valence-electron chi connectivity index (χ1n) is 22.3. The quantitative estimate of drug-likeness (QED) is 0.0460. The van der Waals surface area contributed by atoms with Crippen molar-refractivity contribution in [1.29, 1.82) is 0 Å². The van der Waals surface area contributed by atoms with E-state index in [0.717, 1.165) is 63.4 Å². The molecule has 2 heterocycles. The third kappa shape index (κ3) is 12.5. The smallest absolute Gasteiger partial charge is 0.243 e. The Morgan fingerprint density at radius 1 is 0.594 bits per heavy atom. The first kappa shape index (κ1) is 46.8. The number of nitrogens with zero attached hydrogens (tertiary/aromatic N) is 1. The molecule has 0 saturated heterocycles. The number of aryl methyl sites for hydroxylation is 1. The van der Waals surface area contributed by atoms with Gasteiger partial charge < -0.3 is 41.9 Å². The molecule has 5 atom stereocenters. The van der Waals surface area contributed by atoms with Crippen LogP contribution in [0.2, 0.25) is 0 Å². The highest BCUT2D eigenvalue weighted by Gasteiger charge is 2.33. The molecule has 4 aromatic carbocycles. The fourth-order valence-electron chi connectivity index (χ4n) is 8.20. The fraction of sp³-hybridized carbons (Fsp3) is 0.353. The summed E-state index contributed by atoms with van der Waals surface area (Å²) in [5, 5.41) is 16.7. The van der Waals surface area contributed by atoms with Gasteiger partial charge >= 0.3 is 0 Å². The fourth-order valence-corrected chi connectivity index (χ4v) is 8.20. The number of hydrogen-bond acceptors (Lipinski definition) is 6. The number of likely N-dealkylation sites (N-methyl/N-ethyl adjacent to an activating group) is 1. The molecule has 0 radical (unpaired) electrons. The van der Waals surface area contributed by atoms with Gasteiger partial charge in [-0.25, -0.2) is 0 Å². The lowest BCUT2D eigenvalue weighted by molar-refractivity contribution is -0.134. The Morgan fingerprint density at radius 3 is 1.64 bits per heavy atom. The number of aromatic nitrogens is 2. The van der Waals surface area contributed by atoms with E-state index < -0.39 is 53.8 Å². The Labute approximate surface area is 375 Å². The minimum absolute atomic E-state index is 0.0484. The van der Waals surface area contributed by atoms with Crippen LogP contribution in [0.4, 0.5) is 0 Å². The van der Waals surface area contributed by atoms with Gasteiger partial charge in [0.1, 0.15) is 24.2 Å². The topological polar surface area (TPSA) is 192 Å². The number of nitrogens with two attached hydrogens (primary N) is 1. The highest BCUT2D eigenvalue weighted by Crippen LogP contribution is 2.24. The van der Waals surface area contributed by atoms with Crippen LogP contribution in [0.3, 0.4) is 0 Å². The van der Waals surface area contributed by atoms with E-state index in [2.05, 4.69) is 43.1 Å². The summed E-state index contributed by atoms with van der Waals surface area (Å²) in [6.45, 7) is 6.77. The van der Waals surface area contributed by atoms with E-state index in [9.17, 15) is 24.0 Å². The van der Waals surface area contributed by atoms with Gasteiger partial charge in [0.2, 0.25) is 29.5 Å². The average Bonchev–Trinajstić information content (AvgIpc) is 3.87. The molecule has 6 rings (SSSR count). The molecule has 0 fully saturated rings. The minimum atomic E-state index is -1.18. The van der Waals surface area contributed by atoms with Crippen molar-refractivity contribution in [2.45, 2.75) is 102 Å². The van der Waals surface area contributed by atoms with E-state index in [-0.39, 0.29) is 31.1 Å². The van der Waals surface area contributed by atoms with E-state index in [1.165, 1.54) is 0 Å². The summed E-state index contributed by atoms with van der Waals surface area (Å²) < 4.78 is 2.16. The number of amides is 5. The van der Waals surface area contributed by atoms with Gasteiger partial charge in [0.05, 0.1) is 6.04 Å². The van der Waals surface area contributed by atoms with Gasteiger partial charge in [-0.2, -0.15) is 0 Å². The van der Waals surface area contributed by atoms with Crippen molar-refractivity contribution in [3.05, 3.63) is 144 Å². The second kappa shape index (κ2) is 22.6. The number of para-hydroxylation sites is 2. The van der Waals surface area contributed by atoms with Crippen LogP contribution in [0.5, 0.6) is 0 Å². The summed E-state index contributed by atoms with van der Waals surface area (Å²) in [4.78, 5) is 73.7. The Bertz CT molecular complexity index is 2500. The molecule has 6 aromatic rings. The van der Waals surface area contributed by atoms with Gasteiger partial charge in [-0.3, -0.25) is 24.0 Å². The van der Waals surface area contributed by atoms with Crippen LogP contribution in [0.1, 0.15) is 62.3 Å². The first-order valence-corrected chi connectivity index (χ1v) is 22.3. The number of hydrogen-bond donors (Lipinski definition) is 7. The van der Waals surface area contributed by atoms with Crippen LogP contribution >= 0.6 is 0 Å². The van der Waals surface area contributed by atoms with Crippen molar-refractivity contribution < 1.29 is 24.0 Å². The number of rotatable bonds is 23. The third-order valence-corrected chi connectivity index (χ3v) is 11.6. The van der Waals surface area contributed by atoms with Crippen LogP contribution in [0, 0.1) is 5.92 Å². The van der Waals surface area contributed by atoms with Gasteiger partial charge in [-0.15, -0.1) is 0 Å². The summed E-state index contributed by atoms with van der Waals surface area (Å²) in [6, 6.07) is 29.5. The number of aromatic amines is 1. The molecule has 2 aromatic heterocycles. The van der Waals surface area contributed by atoms with Crippen molar-refractivity contribution in [2.75, 3.05) is 7.05 Å². The summed E-state index contributed by atoms with van der Waals surface area (Å²) in [5.41, 5.74) is 11.0. The highest BCUT2D eigenvalue weighted by atomic mass is 16.2. The number of primary amides is 1. The molecule has 0 spiro atoms. The van der Waals surface area contributed by atoms with E-state index in [1.54, 1.807) is 7.05 Å². The molecule has 13 nitrogen and oxygen atoms in total. The molecular weight excluding hydrogens is 805 g/mol. The second-order valence-corrected chi connectivity index (χ2v) is 17.0. The zero-order chi connectivity index (χ0) is 45.6. The monoisotopic (exact) mass is 866 g/mol. The standard InChI is InChI=1S/C51H62N8O5/c1-5-6-25-59-32-37(39-22-14-16-24-46(39)59)30-45(50(63)55-41(47(52)60)26-33(2)3)58-49(62)43(28-35-19-11-8-12-20-35)56-51(64)44(29-36-31-54-40-23-15-13-21-38(36)40)57-48(61)42(53-4)27-34-17-9-7-10-18-34/h7-24,31-33,41-45,53-54H,5-6,25-30H2,1-4H3,(H2,52,60)(H,55,63)(H,56,64)(H,57,61)(H,58,62)/t41-,42+,43-,44+,45+/m0/s1. The molecule has 64 heavy (non-hydrogen) atoms. The number of unbranched alkanes of at least 4 members (excludes halogenated alkanes) is 1. The SMILES string of the molecule is CCCCn1cc(C[C@@H](NC(=O)[C@H](Cc2ccccc2)NC(=O)[C@@H](Cc2c[nH]c3ccccc23)NC(=O)[C@@H](Cc2ccccc2)NC)C(=O)N[C@@H](CC(C)C)C(N)=O)c2ccccc21. The van der Waals surface area contributed by atoms with Crippen LogP contribution in [0.25, 0.3) is 21.8 Å². The van der Waals surface area contributed by atoms with Crippen molar-refractivity contribution in [3.8, 4) is 0 Å². The van der Waals surface area contributed by atoms with E-state index in [0.29, 0.717) is 12.8 Å². The molecular formula is C51H62N8O5. The molecule has 13 heteroatoms. The molecule has 0 aliphatic heterocycles. The average molecular weight is 867 g/mol. The van der Waals surface area contributed by atoms with Crippen LogP contribution in [-0.2, 0) is 56.2 Å². The summed E-state index contributed by atoms with van der Waals surface area (Å²) in [7, 11) is 1.70. The van der Waals surface area contributed by atoms with Gasteiger partial charge in [0.15, 0.2) is 0 Å². The van der Waals surface area contributed by atoms with Crippen LogP contribution in [-0.4, -0.2) is 76.3 Å². The molecule has 0 unspecified atom stereocenters. The molecule has 0 aliphatic rings. The zero-order valence-corrected chi connectivity index (χ0v) is 37.2. The lowest BCUT2D eigenvalue weighted by Crippen LogP contribution is -2.60. The Morgan fingerprint density at radius 2 is 1.08 bits per heavy atom. The predicted molar refractivity (Wildman–Crippen MR) is 252 cm³/mol. The molecule has 0 bridgehead atoms. The van der Waals surface area contributed by atoms with Crippen LogP contribution < -0.4 is 32.3 Å². The van der Waals surface area contributed by atoms with E-state index >= 15 is 0 Å². The molecule has 0 aliphatic carbocycles. The maximum Gasteiger partial charge on any atom is 0.243 e. The molecule has 0 saturated carbocycles. The maximum absolute atomic E-state index is 14.8. The lowest BCUT2D eigenvalue weighted by atomic mass is 9.99. The largest absolute Gasteiger partial charge is 0.368 e. The van der Waals surface area contributed by atoms with Gasteiger partial charge in [-0.05, 0) is 66.6 Å². The number of nitrogens with one attached hydrogen (secondary N) is 6. The highest BCUT2D eigenvalue weighted by molar-refractivity contribution is 5.97. The minimum Gasteiger partial charge on any atom is -0.368 e. The maximum atomic E-state index is 14.8. The first-order chi connectivity index (χ1) is 30.9. The number of H-pyrrole nitrogens is 1. The summed E-state index contributed by atoms with van der Waals surface area (Å²) in [5.74, 6) is -2.77. The van der Waals surface area contributed by atoms with Gasteiger partial charge in [0, 0.05) is 60.0 Å². The van der Waals surface area contributed by atoms with Crippen molar-refractivity contribution >= 4 is 51.3 Å². The van der Waals surface area contributed by atoms with Gasteiger partial charge in [-0.1, -0.05) is 124 Å². The van der Waals surface area contributed by atoms with Crippen molar-refractivity contribution in [2.24, 2.45) is 11.7 Å². The zero-order valence-electron chi connectivity index (χ0n) is 37.2. The summed E-state index contributed by atoms with van der Waals surface area (Å²) in [6.07, 6.45) is 6.81. The molecule has 8 N–H and O–H groups in total. The predicted octanol–water partition coefficient (Wildman–Crippen LogP) is 5.25. The van der Waals surface area contributed by atoms with Crippen molar-refractivity contribution in [1.82, 2.24) is 36.1 Å². The van der Waals surface area contributed by atoms with Crippen LogP contribution in [0.15, 0.2) is 122 Å². The Kier molecular flexibility index (Phi) is 16.5. The molecule has 5 amide bonds. The molecule has 336 valence electrons. The summed E-state index contributed by atoms with van der Waals surface area (Å²) >= 11 is 0.